The lowest BCUT2D eigenvalue weighted by Crippen LogP contribution is -2.46. The topological polar surface area (TPSA) is 44.8 Å². The van der Waals surface area contributed by atoms with Gasteiger partial charge in [0.1, 0.15) is 5.75 Å². The van der Waals surface area contributed by atoms with Gasteiger partial charge in [0.05, 0.1) is 17.3 Å². The molecule has 7 heteroatoms. The molecule has 0 atom stereocenters. The summed E-state index contributed by atoms with van der Waals surface area (Å²) < 4.78 is 5.89. The maximum absolute atomic E-state index is 11.5. The molecule has 0 unspecified atom stereocenters. The number of halogens is 2. The zero-order valence-corrected chi connectivity index (χ0v) is 18.5. The molecule has 0 bridgehead atoms. The molecular weight excluding hydrogens is 421 g/mol. The number of hydrogen-bond acceptors (Lipinski definition) is 4. The molecule has 0 aliphatic carbocycles. The Bertz CT molecular complexity index is 898. The van der Waals surface area contributed by atoms with Crippen molar-refractivity contribution in [2.24, 2.45) is 0 Å². The molecule has 2 aromatic rings. The monoisotopic (exact) mass is 447 g/mol. The molecule has 160 valence electrons. The summed E-state index contributed by atoms with van der Waals surface area (Å²) in [4.78, 5) is 16.3. The molecule has 1 amide bonds. The van der Waals surface area contributed by atoms with Crippen LogP contribution in [-0.4, -0.2) is 50.1 Å². The molecule has 4 rings (SSSR count). The first kappa shape index (κ1) is 21.3. The Balaban J connectivity index is 1.15. The lowest BCUT2D eigenvalue weighted by atomic mass is 10.0. The average molecular weight is 448 g/mol. The third kappa shape index (κ3) is 5.39. The molecule has 30 heavy (non-hydrogen) atoms. The Morgan fingerprint density at radius 2 is 1.80 bits per heavy atom. The van der Waals surface area contributed by atoms with Gasteiger partial charge in [-0.15, -0.1) is 0 Å². The smallest absolute Gasteiger partial charge is 0.224 e. The highest BCUT2D eigenvalue weighted by atomic mass is 35.5. The minimum Gasteiger partial charge on any atom is -0.494 e. The van der Waals surface area contributed by atoms with Crippen LogP contribution < -0.4 is 15.0 Å². The van der Waals surface area contributed by atoms with Gasteiger partial charge in [0.25, 0.3) is 0 Å². The highest BCUT2D eigenvalue weighted by Crippen LogP contribution is 2.30. The van der Waals surface area contributed by atoms with Crippen LogP contribution in [0.4, 0.5) is 11.4 Å². The maximum Gasteiger partial charge on any atom is 0.224 e. The van der Waals surface area contributed by atoms with Crippen LogP contribution in [0.15, 0.2) is 36.4 Å². The molecule has 5 nitrogen and oxygen atoms in total. The van der Waals surface area contributed by atoms with Gasteiger partial charge in [-0.2, -0.15) is 0 Å². The van der Waals surface area contributed by atoms with E-state index in [1.807, 2.05) is 30.3 Å². The molecule has 2 aliphatic rings. The highest BCUT2D eigenvalue weighted by molar-refractivity contribution is 6.35. The fraction of sp³-hybridized carbons (Fsp3) is 0.435. The first-order valence-electron chi connectivity index (χ1n) is 10.6. The quantitative estimate of drug-likeness (QED) is 0.615. The summed E-state index contributed by atoms with van der Waals surface area (Å²) in [6, 6.07) is 11.6. The van der Waals surface area contributed by atoms with Gasteiger partial charge in [0.15, 0.2) is 0 Å². The predicted molar refractivity (Wildman–Crippen MR) is 123 cm³/mol. The van der Waals surface area contributed by atoms with Gasteiger partial charge in [-0.05, 0) is 55.6 Å². The van der Waals surface area contributed by atoms with Gasteiger partial charge >= 0.3 is 0 Å². The minimum absolute atomic E-state index is 0.0809. The van der Waals surface area contributed by atoms with Crippen molar-refractivity contribution >= 4 is 40.5 Å². The van der Waals surface area contributed by atoms with E-state index in [-0.39, 0.29) is 5.91 Å². The molecule has 2 aromatic carbocycles. The Kier molecular flexibility index (Phi) is 7.03. The van der Waals surface area contributed by atoms with E-state index in [1.165, 1.54) is 5.56 Å². The van der Waals surface area contributed by atoms with Crippen molar-refractivity contribution in [3.63, 3.8) is 0 Å². The normalized spacial score (nSPS) is 16.9. The van der Waals surface area contributed by atoms with Crippen molar-refractivity contribution in [2.75, 3.05) is 49.5 Å². The fourth-order valence-electron chi connectivity index (χ4n) is 4.01. The van der Waals surface area contributed by atoms with Crippen molar-refractivity contribution in [2.45, 2.75) is 25.7 Å². The number of rotatable bonds is 7. The molecule has 0 saturated carbocycles. The number of nitrogens with one attached hydrogen (secondary N) is 1. The number of aryl methyl sites for hydroxylation is 1. The van der Waals surface area contributed by atoms with Crippen LogP contribution in [0.1, 0.15) is 24.8 Å². The van der Waals surface area contributed by atoms with Crippen LogP contribution in [0.5, 0.6) is 5.75 Å². The van der Waals surface area contributed by atoms with Gasteiger partial charge in [0, 0.05) is 49.4 Å². The number of unbranched alkanes of at least 4 members (excludes halogenated alkanes) is 1. The standard InChI is InChI=1S/C23H27Cl2N3O2/c24-18-5-7-20(25)22(15-18)28-12-10-27(11-13-28)9-1-2-14-30-19-6-3-17-4-8-23(29)26-21(17)16-19/h3,5-7,15-16H,1-2,4,8-14H2,(H,26,29). The molecule has 0 aromatic heterocycles. The van der Waals surface area contributed by atoms with Crippen LogP contribution in [0, 0.1) is 0 Å². The summed E-state index contributed by atoms with van der Waals surface area (Å²) >= 11 is 12.5. The van der Waals surface area contributed by atoms with Gasteiger partial charge in [-0.25, -0.2) is 0 Å². The van der Waals surface area contributed by atoms with Crippen molar-refractivity contribution in [3.05, 3.63) is 52.0 Å². The lowest BCUT2D eigenvalue weighted by molar-refractivity contribution is -0.116. The van der Waals surface area contributed by atoms with Crippen molar-refractivity contribution in [1.82, 2.24) is 4.90 Å². The van der Waals surface area contributed by atoms with E-state index >= 15 is 0 Å². The average Bonchev–Trinajstić information content (AvgIpc) is 2.75. The number of fused-ring (bicyclic) bond motifs is 1. The van der Waals surface area contributed by atoms with Crippen molar-refractivity contribution in [3.8, 4) is 5.75 Å². The number of amides is 1. The number of ether oxygens (including phenoxy) is 1. The number of anilines is 2. The van der Waals surface area contributed by atoms with Crippen LogP contribution in [0.25, 0.3) is 0 Å². The Morgan fingerprint density at radius 1 is 0.967 bits per heavy atom. The van der Waals surface area contributed by atoms with Gasteiger partial charge in [-0.1, -0.05) is 29.3 Å². The zero-order valence-electron chi connectivity index (χ0n) is 17.0. The summed E-state index contributed by atoms with van der Waals surface area (Å²) in [5.41, 5.74) is 3.10. The number of carbonyl (C=O) groups excluding carboxylic acids is 1. The molecule has 1 saturated heterocycles. The summed E-state index contributed by atoms with van der Waals surface area (Å²) in [7, 11) is 0. The van der Waals surface area contributed by atoms with Crippen LogP contribution in [0.2, 0.25) is 10.0 Å². The van der Waals surface area contributed by atoms with Gasteiger partial charge in [0.2, 0.25) is 5.91 Å². The summed E-state index contributed by atoms with van der Waals surface area (Å²) in [6.45, 7) is 5.71. The Hall–Kier alpha value is -1.95. The Morgan fingerprint density at radius 3 is 2.63 bits per heavy atom. The maximum atomic E-state index is 11.5. The van der Waals surface area contributed by atoms with Crippen molar-refractivity contribution < 1.29 is 9.53 Å². The molecule has 1 fully saturated rings. The van der Waals surface area contributed by atoms with Crippen LogP contribution in [0.3, 0.4) is 0 Å². The van der Waals surface area contributed by atoms with Gasteiger partial charge in [-0.3, -0.25) is 9.69 Å². The second-order valence-electron chi connectivity index (χ2n) is 7.85. The molecule has 0 spiro atoms. The highest BCUT2D eigenvalue weighted by Gasteiger charge is 2.19. The predicted octanol–water partition coefficient (Wildman–Crippen LogP) is 4.86. The third-order valence-corrected chi connectivity index (χ3v) is 6.29. The van der Waals surface area contributed by atoms with Gasteiger partial charge < -0.3 is 15.0 Å². The van der Waals surface area contributed by atoms with E-state index in [9.17, 15) is 4.79 Å². The van der Waals surface area contributed by atoms with E-state index in [0.717, 1.165) is 79.2 Å². The number of piperazine rings is 1. The molecule has 2 heterocycles. The van der Waals surface area contributed by atoms with E-state index in [4.69, 9.17) is 27.9 Å². The molecule has 1 N–H and O–H groups in total. The third-order valence-electron chi connectivity index (χ3n) is 5.74. The summed E-state index contributed by atoms with van der Waals surface area (Å²) in [6.07, 6.45) is 3.47. The van der Waals surface area contributed by atoms with Crippen LogP contribution >= 0.6 is 23.2 Å². The SMILES string of the molecule is O=C1CCc2ccc(OCCCCN3CCN(c4cc(Cl)ccc4Cl)CC3)cc2N1. The largest absolute Gasteiger partial charge is 0.494 e. The second kappa shape index (κ2) is 9.90. The fourth-order valence-corrected chi connectivity index (χ4v) is 4.41. The Labute approximate surface area is 187 Å². The van der Waals surface area contributed by atoms with E-state index in [1.54, 1.807) is 0 Å². The molecular formula is C23H27Cl2N3O2. The summed E-state index contributed by atoms with van der Waals surface area (Å²) in [5.74, 6) is 0.903. The molecule has 2 aliphatic heterocycles. The minimum atomic E-state index is 0.0809. The molecule has 0 radical (unpaired) electrons. The van der Waals surface area contributed by atoms with E-state index in [0.29, 0.717) is 13.0 Å². The second-order valence-corrected chi connectivity index (χ2v) is 8.69. The first-order valence-corrected chi connectivity index (χ1v) is 11.3. The number of hydrogen-bond donors (Lipinski definition) is 1. The first-order chi connectivity index (χ1) is 14.6. The number of nitrogens with zero attached hydrogens (tertiary/aromatic N) is 2. The zero-order chi connectivity index (χ0) is 20.9. The number of carbonyl (C=O) groups is 1. The number of benzene rings is 2. The van der Waals surface area contributed by atoms with Crippen molar-refractivity contribution in [1.29, 1.82) is 0 Å². The van der Waals surface area contributed by atoms with E-state index in [2.05, 4.69) is 21.2 Å². The van der Waals surface area contributed by atoms with Crippen LogP contribution in [-0.2, 0) is 11.2 Å². The lowest BCUT2D eigenvalue weighted by Gasteiger charge is -2.36. The van der Waals surface area contributed by atoms with E-state index < -0.39 is 0 Å². The summed E-state index contributed by atoms with van der Waals surface area (Å²) in [5, 5.41) is 4.40.